The van der Waals surface area contributed by atoms with Crippen molar-refractivity contribution in [2.45, 2.75) is 51.0 Å². The molecule has 1 nitrogen and oxygen atoms in total. The maximum Gasteiger partial charge on any atom is 0.0514 e. The van der Waals surface area contributed by atoms with Gasteiger partial charge in [-0.2, -0.15) is 0 Å². The first kappa shape index (κ1) is 13.9. The first-order valence-electron chi connectivity index (χ1n) is 7.54. The van der Waals surface area contributed by atoms with Gasteiger partial charge in [0, 0.05) is 0 Å². The van der Waals surface area contributed by atoms with Crippen molar-refractivity contribution in [3.8, 4) is 0 Å². The number of hydrogen-bond donors (Lipinski definition) is 1. The van der Waals surface area contributed by atoms with Gasteiger partial charge in [0.1, 0.15) is 0 Å². The molecule has 0 bridgehead atoms. The third-order valence-corrected chi connectivity index (χ3v) is 3.83. The van der Waals surface area contributed by atoms with E-state index in [1.807, 2.05) is 6.08 Å². The van der Waals surface area contributed by atoms with E-state index in [9.17, 15) is 0 Å². The Labute approximate surface area is 117 Å². The summed E-state index contributed by atoms with van der Waals surface area (Å²) >= 11 is 0. The van der Waals surface area contributed by atoms with Gasteiger partial charge in [0.15, 0.2) is 0 Å². The van der Waals surface area contributed by atoms with Crippen molar-refractivity contribution in [1.82, 2.24) is 5.32 Å². The number of rotatable bonds is 8. The molecule has 1 unspecified atom stereocenters. The Bertz CT molecular complexity index is 419. The van der Waals surface area contributed by atoms with Crippen LogP contribution in [-0.4, -0.2) is 0 Å². The molecular formula is C18H25N. The highest BCUT2D eigenvalue weighted by atomic mass is 14.9. The van der Waals surface area contributed by atoms with Crippen LogP contribution in [0.4, 0.5) is 0 Å². The Morgan fingerprint density at radius 3 is 2.74 bits per heavy atom. The lowest BCUT2D eigenvalue weighted by Gasteiger charge is -2.23. The molecule has 0 radical (unpaired) electrons. The van der Waals surface area contributed by atoms with Crippen LogP contribution in [0.3, 0.4) is 0 Å². The Hall–Kier alpha value is -1.50. The van der Waals surface area contributed by atoms with Gasteiger partial charge in [-0.1, -0.05) is 56.0 Å². The zero-order valence-electron chi connectivity index (χ0n) is 11.8. The van der Waals surface area contributed by atoms with E-state index in [4.69, 9.17) is 0 Å². The van der Waals surface area contributed by atoms with E-state index in [1.54, 1.807) is 0 Å². The van der Waals surface area contributed by atoms with Crippen LogP contribution in [0.5, 0.6) is 0 Å². The van der Waals surface area contributed by atoms with Gasteiger partial charge in [-0.25, -0.2) is 0 Å². The monoisotopic (exact) mass is 255 g/mol. The van der Waals surface area contributed by atoms with Gasteiger partial charge >= 0.3 is 0 Å². The van der Waals surface area contributed by atoms with Crippen LogP contribution >= 0.6 is 0 Å². The van der Waals surface area contributed by atoms with E-state index < -0.39 is 0 Å². The highest BCUT2D eigenvalue weighted by Gasteiger charge is 2.14. The predicted molar refractivity (Wildman–Crippen MR) is 83.9 cm³/mol. The number of fused-ring (bicyclic) bond motifs is 1. The number of benzene rings is 1. The van der Waals surface area contributed by atoms with Gasteiger partial charge in [0.05, 0.1) is 6.04 Å². The second kappa shape index (κ2) is 7.83. The summed E-state index contributed by atoms with van der Waals surface area (Å²) in [7, 11) is 0. The lowest BCUT2D eigenvalue weighted by Crippen LogP contribution is -2.19. The molecule has 1 atom stereocenters. The van der Waals surface area contributed by atoms with Crippen molar-refractivity contribution in [2.75, 3.05) is 0 Å². The average molecular weight is 255 g/mol. The molecule has 102 valence electrons. The molecule has 1 heteroatoms. The van der Waals surface area contributed by atoms with E-state index in [0.29, 0.717) is 6.04 Å². The minimum Gasteiger partial charge on any atom is -0.384 e. The second-order valence-corrected chi connectivity index (χ2v) is 5.32. The van der Waals surface area contributed by atoms with Crippen LogP contribution in [0, 0.1) is 0 Å². The van der Waals surface area contributed by atoms with E-state index in [-0.39, 0.29) is 0 Å². The molecule has 0 saturated heterocycles. The van der Waals surface area contributed by atoms with Crippen molar-refractivity contribution in [3.63, 3.8) is 0 Å². The van der Waals surface area contributed by atoms with Gasteiger partial charge in [-0.15, -0.1) is 6.58 Å². The number of unbranched alkanes of at least 4 members (excludes halogenated alkanes) is 5. The topological polar surface area (TPSA) is 12.0 Å². The molecule has 19 heavy (non-hydrogen) atoms. The highest BCUT2D eigenvalue weighted by molar-refractivity contribution is 5.56. The van der Waals surface area contributed by atoms with Crippen molar-refractivity contribution < 1.29 is 0 Å². The molecular weight excluding hydrogens is 230 g/mol. The standard InChI is InChI=1S/C18H25N/c1-2-3-4-5-6-7-8-13-18-17-12-10-9-11-16(17)14-15-19-18/h2,9-12,14-15,18-19H,1,3-8,13H2. The summed E-state index contributed by atoms with van der Waals surface area (Å²) in [5.41, 5.74) is 2.83. The lowest BCUT2D eigenvalue weighted by atomic mass is 9.93. The van der Waals surface area contributed by atoms with Gasteiger partial charge < -0.3 is 5.32 Å². The normalized spacial score (nSPS) is 16.7. The molecule has 0 amide bonds. The molecule has 0 fully saturated rings. The lowest BCUT2D eigenvalue weighted by molar-refractivity contribution is 0.509. The fraction of sp³-hybridized carbons (Fsp3) is 0.444. The summed E-state index contributed by atoms with van der Waals surface area (Å²) in [6.07, 6.45) is 15.4. The summed E-state index contributed by atoms with van der Waals surface area (Å²) in [6.45, 7) is 3.76. The molecule has 0 aliphatic carbocycles. The van der Waals surface area contributed by atoms with Gasteiger partial charge in [-0.05, 0) is 42.7 Å². The molecule has 1 aliphatic heterocycles. The largest absolute Gasteiger partial charge is 0.384 e. The van der Waals surface area contributed by atoms with Crippen LogP contribution in [0.2, 0.25) is 0 Å². The Balaban J connectivity index is 1.69. The summed E-state index contributed by atoms with van der Waals surface area (Å²) < 4.78 is 0. The maximum absolute atomic E-state index is 3.76. The SMILES string of the molecule is C=CCCCCCCCC1NC=Cc2ccccc21. The van der Waals surface area contributed by atoms with E-state index >= 15 is 0 Å². The van der Waals surface area contributed by atoms with Crippen molar-refractivity contribution >= 4 is 6.08 Å². The van der Waals surface area contributed by atoms with Crippen LogP contribution in [-0.2, 0) is 0 Å². The Kier molecular flexibility index (Phi) is 5.74. The van der Waals surface area contributed by atoms with Gasteiger partial charge in [0.25, 0.3) is 0 Å². The number of allylic oxidation sites excluding steroid dienone is 1. The number of hydrogen-bond acceptors (Lipinski definition) is 1. The highest BCUT2D eigenvalue weighted by Crippen LogP contribution is 2.27. The van der Waals surface area contributed by atoms with Crippen LogP contribution < -0.4 is 5.32 Å². The molecule has 2 rings (SSSR count). The zero-order chi connectivity index (χ0) is 13.3. The molecule has 1 aromatic rings. The molecule has 0 spiro atoms. The van der Waals surface area contributed by atoms with Crippen LogP contribution in [0.15, 0.2) is 43.1 Å². The third kappa shape index (κ3) is 4.27. The molecule has 1 aromatic carbocycles. The average Bonchev–Trinajstić information content (AvgIpc) is 2.46. The van der Waals surface area contributed by atoms with Gasteiger partial charge in [-0.3, -0.25) is 0 Å². The fourth-order valence-electron chi connectivity index (χ4n) is 2.73. The van der Waals surface area contributed by atoms with Crippen molar-refractivity contribution in [3.05, 3.63) is 54.2 Å². The van der Waals surface area contributed by atoms with Crippen molar-refractivity contribution in [1.29, 1.82) is 0 Å². The summed E-state index contributed by atoms with van der Waals surface area (Å²) in [6, 6.07) is 9.22. The molecule has 0 saturated carbocycles. The predicted octanol–water partition coefficient (Wildman–Crippen LogP) is 5.22. The molecule has 1 N–H and O–H groups in total. The smallest absolute Gasteiger partial charge is 0.0514 e. The fourth-order valence-corrected chi connectivity index (χ4v) is 2.73. The minimum atomic E-state index is 0.509. The van der Waals surface area contributed by atoms with Gasteiger partial charge in [0.2, 0.25) is 0 Å². The molecule has 0 aromatic heterocycles. The van der Waals surface area contributed by atoms with Crippen LogP contribution in [0.25, 0.3) is 6.08 Å². The number of nitrogens with one attached hydrogen (secondary N) is 1. The Morgan fingerprint density at radius 2 is 1.84 bits per heavy atom. The zero-order valence-corrected chi connectivity index (χ0v) is 11.8. The quantitative estimate of drug-likeness (QED) is 0.496. The summed E-state index contributed by atoms with van der Waals surface area (Å²) in [5, 5.41) is 3.49. The molecule has 1 aliphatic rings. The van der Waals surface area contributed by atoms with Crippen LogP contribution in [0.1, 0.15) is 62.1 Å². The maximum atomic E-state index is 3.76. The first-order valence-corrected chi connectivity index (χ1v) is 7.54. The second-order valence-electron chi connectivity index (χ2n) is 5.32. The third-order valence-electron chi connectivity index (χ3n) is 3.83. The summed E-state index contributed by atoms with van der Waals surface area (Å²) in [4.78, 5) is 0. The van der Waals surface area contributed by atoms with E-state index in [2.05, 4.69) is 48.4 Å². The first-order chi connectivity index (χ1) is 9.42. The van der Waals surface area contributed by atoms with Crippen molar-refractivity contribution in [2.24, 2.45) is 0 Å². The Morgan fingerprint density at radius 1 is 1.05 bits per heavy atom. The van der Waals surface area contributed by atoms with E-state index in [1.165, 1.54) is 56.1 Å². The molecule has 1 heterocycles. The minimum absolute atomic E-state index is 0.509. The van der Waals surface area contributed by atoms with E-state index in [0.717, 1.165) is 0 Å². The summed E-state index contributed by atoms with van der Waals surface area (Å²) in [5.74, 6) is 0.